The van der Waals surface area contributed by atoms with E-state index in [2.05, 4.69) is 47.3 Å². The Labute approximate surface area is 118 Å². The smallest absolute Gasteiger partial charge is 0.116 e. The van der Waals surface area contributed by atoms with Gasteiger partial charge in [0.15, 0.2) is 0 Å². The van der Waals surface area contributed by atoms with E-state index in [0.29, 0.717) is 6.04 Å². The van der Waals surface area contributed by atoms with Gasteiger partial charge in [-0.3, -0.25) is 0 Å². The zero-order valence-corrected chi connectivity index (χ0v) is 12.4. The van der Waals surface area contributed by atoms with Crippen LogP contribution in [0, 0.1) is 13.8 Å². The van der Waals surface area contributed by atoms with Crippen molar-refractivity contribution in [3.8, 4) is 0 Å². The van der Waals surface area contributed by atoms with Crippen LogP contribution in [0.2, 0.25) is 0 Å². The first-order valence-corrected chi connectivity index (χ1v) is 7.32. The Balaban J connectivity index is 2.07. The molecule has 1 N–H and O–H groups in total. The minimum Gasteiger partial charge on any atom is -0.312 e. The van der Waals surface area contributed by atoms with Crippen LogP contribution in [0.1, 0.15) is 22.7 Å². The van der Waals surface area contributed by atoms with Crippen LogP contribution in [-0.2, 0) is 0 Å². The van der Waals surface area contributed by atoms with E-state index in [9.17, 15) is 0 Å². The monoisotopic (exact) mass is 273 g/mol. The second-order valence-corrected chi connectivity index (χ2v) is 5.66. The molecule has 1 aromatic heterocycles. The van der Waals surface area contributed by atoms with Crippen LogP contribution in [0.15, 0.2) is 41.8 Å². The Morgan fingerprint density at radius 2 is 1.95 bits per heavy atom. The summed E-state index contributed by atoms with van der Waals surface area (Å²) in [4.78, 5) is 8.17. The molecule has 1 aromatic carbocycles. The number of aromatic nitrogens is 2. The summed E-state index contributed by atoms with van der Waals surface area (Å²) < 4.78 is 0. The lowest BCUT2D eigenvalue weighted by Crippen LogP contribution is -2.19. The van der Waals surface area contributed by atoms with E-state index in [-0.39, 0.29) is 0 Å². The number of hydrogen-bond acceptors (Lipinski definition) is 4. The SMILES string of the molecule is CNC(CSc1ccncn1)c1cc(C)cc(C)c1. The molecule has 2 aromatic rings. The maximum Gasteiger partial charge on any atom is 0.116 e. The predicted molar refractivity (Wildman–Crippen MR) is 80.5 cm³/mol. The van der Waals surface area contributed by atoms with E-state index in [1.807, 2.05) is 13.1 Å². The number of thioether (sulfide) groups is 1. The summed E-state index contributed by atoms with van der Waals surface area (Å²) in [5.74, 6) is 0.955. The van der Waals surface area contributed by atoms with Gasteiger partial charge in [0, 0.05) is 18.0 Å². The van der Waals surface area contributed by atoms with Crippen molar-refractivity contribution in [1.82, 2.24) is 15.3 Å². The molecule has 0 bridgehead atoms. The average molecular weight is 273 g/mol. The van der Waals surface area contributed by atoms with Gasteiger partial charge in [0.1, 0.15) is 6.33 Å². The first-order chi connectivity index (χ1) is 9.19. The maximum absolute atomic E-state index is 4.24. The Bertz CT molecular complexity index is 508. The molecule has 0 aliphatic carbocycles. The van der Waals surface area contributed by atoms with E-state index in [4.69, 9.17) is 0 Å². The third-order valence-corrected chi connectivity index (χ3v) is 3.98. The van der Waals surface area contributed by atoms with Crippen molar-refractivity contribution in [1.29, 1.82) is 0 Å². The van der Waals surface area contributed by atoms with Gasteiger partial charge in [0.2, 0.25) is 0 Å². The highest BCUT2D eigenvalue weighted by atomic mass is 32.2. The number of benzene rings is 1. The molecule has 0 aliphatic heterocycles. The molecule has 0 saturated carbocycles. The van der Waals surface area contributed by atoms with Crippen LogP contribution < -0.4 is 5.32 Å². The van der Waals surface area contributed by atoms with Gasteiger partial charge in [-0.1, -0.05) is 29.3 Å². The fourth-order valence-electron chi connectivity index (χ4n) is 2.09. The molecule has 0 aliphatic rings. The highest BCUT2D eigenvalue weighted by Gasteiger charge is 2.11. The lowest BCUT2D eigenvalue weighted by molar-refractivity contribution is 0.660. The Morgan fingerprint density at radius 3 is 2.53 bits per heavy atom. The van der Waals surface area contributed by atoms with Gasteiger partial charge < -0.3 is 5.32 Å². The van der Waals surface area contributed by atoms with Crippen LogP contribution in [0.5, 0.6) is 0 Å². The normalized spacial score (nSPS) is 12.4. The predicted octanol–water partition coefficient (Wildman–Crippen LogP) is 3.15. The standard InChI is InChI=1S/C15H19N3S/c1-11-6-12(2)8-13(7-11)14(16-3)9-19-15-4-5-17-10-18-15/h4-8,10,14,16H,9H2,1-3H3. The number of rotatable bonds is 5. The zero-order valence-electron chi connectivity index (χ0n) is 11.6. The summed E-state index contributed by atoms with van der Waals surface area (Å²) in [6, 6.07) is 8.97. The van der Waals surface area contributed by atoms with Crippen LogP contribution >= 0.6 is 11.8 Å². The van der Waals surface area contributed by atoms with Crippen LogP contribution in [-0.4, -0.2) is 22.8 Å². The molecule has 4 heteroatoms. The minimum atomic E-state index is 0.332. The van der Waals surface area contributed by atoms with Gasteiger partial charge in [-0.2, -0.15) is 0 Å². The Kier molecular flexibility index (Phi) is 4.93. The maximum atomic E-state index is 4.24. The van der Waals surface area contributed by atoms with Crippen molar-refractivity contribution < 1.29 is 0 Å². The summed E-state index contributed by atoms with van der Waals surface area (Å²) in [7, 11) is 2.00. The molecule has 100 valence electrons. The number of aryl methyl sites for hydroxylation is 2. The third-order valence-electron chi connectivity index (χ3n) is 2.95. The van der Waals surface area contributed by atoms with E-state index in [1.54, 1.807) is 24.3 Å². The molecule has 1 atom stereocenters. The number of nitrogens with zero attached hydrogens (tertiary/aromatic N) is 2. The van der Waals surface area contributed by atoms with Crippen molar-refractivity contribution in [2.24, 2.45) is 0 Å². The summed E-state index contributed by atoms with van der Waals surface area (Å²) in [6.07, 6.45) is 3.37. The summed E-state index contributed by atoms with van der Waals surface area (Å²) >= 11 is 1.75. The zero-order chi connectivity index (χ0) is 13.7. The van der Waals surface area contributed by atoms with Gasteiger partial charge >= 0.3 is 0 Å². The molecule has 0 saturated heterocycles. The van der Waals surface area contributed by atoms with E-state index >= 15 is 0 Å². The minimum absolute atomic E-state index is 0.332. The molecular weight excluding hydrogens is 254 g/mol. The molecule has 2 rings (SSSR count). The topological polar surface area (TPSA) is 37.8 Å². The van der Waals surface area contributed by atoms with Crippen molar-refractivity contribution >= 4 is 11.8 Å². The summed E-state index contributed by atoms with van der Waals surface area (Å²) in [5, 5.41) is 4.39. The molecule has 0 radical (unpaired) electrons. The Morgan fingerprint density at radius 1 is 1.21 bits per heavy atom. The van der Waals surface area contributed by atoms with Crippen molar-refractivity contribution in [2.75, 3.05) is 12.8 Å². The highest BCUT2D eigenvalue weighted by Crippen LogP contribution is 2.24. The quantitative estimate of drug-likeness (QED) is 0.671. The van der Waals surface area contributed by atoms with Crippen LogP contribution in [0.25, 0.3) is 0 Å². The van der Waals surface area contributed by atoms with Crippen molar-refractivity contribution in [3.05, 3.63) is 53.5 Å². The lowest BCUT2D eigenvalue weighted by Gasteiger charge is -2.17. The van der Waals surface area contributed by atoms with Crippen LogP contribution in [0.4, 0.5) is 0 Å². The average Bonchev–Trinajstić information content (AvgIpc) is 2.39. The molecule has 3 nitrogen and oxygen atoms in total. The third kappa shape index (κ3) is 4.04. The molecule has 0 fully saturated rings. The van der Waals surface area contributed by atoms with E-state index < -0.39 is 0 Å². The van der Waals surface area contributed by atoms with E-state index in [0.717, 1.165) is 10.8 Å². The van der Waals surface area contributed by atoms with E-state index in [1.165, 1.54) is 16.7 Å². The Hall–Kier alpha value is -1.39. The van der Waals surface area contributed by atoms with Crippen LogP contribution in [0.3, 0.4) is 0 Å². The lowest BCUT2D eigenvalue weighted by atomic mass is 10.0. The second-order valence-electron chi connectivity index (χ2n) is 4.62. The van der Waals surface area contributed by atoms with Gasteiger partial charge in [-0.05, 0) is 32.5 Å². The number of nitrogens with one attached hydrogen (secondary N) is 1. The summed E-state index contributed by atoms with van der Waals surface area (Å²) in [6.45, 7) is 4.28. The first kappa shape index (κ1) is 14.0. The fourth-order valence-corrected chi connectivity index (χ4v) is 3.07. The number of hydrogen-bond donors (Lipinski definition) is 1. The molecule has 1 heterocycles. The molecule has 1 unspecified atom stereocenters. The van der Waals surface area contributed by atoms with Gasteiger partial charge in [0.25, 0.3) is 0 Å². The van der Waals surface area contributed by atoms with Gasteiger partial charge in [0.05, 0.1) is 5.03 Å². The second kappa shape index (κ2) is 6.68. The fraction of sp³-hybridized carbons (Fsp3) is 0.333. The molecule has 19 heavy (non-hydrogen) atoms. The molecule has 0 amide bonds. The van der Waals surface area contributed by atoms with Crippen molar-refractivity contribution in [3.63, 3.8) is 0 Å². The molecular formula is C15H19N3S. The van der Waals surface area contributed by atoms with Gasteiger partial charge in [-0.15, -0.1) is 11.8 Å². The first-order valence-electron chi connectivity index (χ1n) is 6.33. The molecule has 0 spiro atoms. The highest BCUT2D eigenvalue weighted by molar-refractivity contribution is 7.99. The largest absolute Gasteiger partial charge is 0.312 e. The van der Waals surface area contributed by atoms with Gasteiger partial charge in [-0.25, -0.2) is 9.97 Å². The summed E-state index contributed by atoms with van der Waals surface area (Å²) in [5.41, 5.74) is 3.95. The van der Waals surface area contributed by atoms with Crippen molar-refractivity contribution in [2.45, 2.75) is 24.9 Å².